The highest BCUT2D eigenvalue weighted by molar-refractivity contribution is 7.98. The Balaban J connectivity index is 2.01. The molecule has 3 rings (SSSR count). The SMILES string of the molecule is CSc1ccc2c(c1)C[C@H]1N(C(=O)OC(C)(C)C)CC[C@]2(C)C1(C)C. The quantitative estimate of drug-likeness (QED) is 0.639. The Hall–Kier alpha value is -1.16. The van der Waals surface area contributed by atoms with Gasteiger partial charge in [-0.3, -0.25) is 0 Å². The molecule has 0 aromatic heterocycles. The van der Waals surface area contributed by atoms with Crippen LogP contribution in [0.2, 0.25) is 0 Å². The predicted molar refractivity (Wildman–Crippen MR) is 104 cm³/mol. The summed E-state index contributed by atoms with van der Waals surface area (Å²) in [5.74, 6) is 0. The summed E-state index contributed by atoms with van der Waals surface area (Å²) in [5.41, 5.74) is 2.50. The maximum absolute atomic E-state index is 12.8. The number of hydrogen-bond donors (Lipinski definition) is 0. The Bertz CT molecular complexity index is 692. The molecule has 1 heterocycles. The molecule has 0 N–H and O–H groups in total. The second kappa shape index (κ2) is 5.94. The number of benzene rings is 1. The van der Waals surface area contributed by atoms with Gasteiger partial charge in [-0.05, 0) is 68.5 Å². The monoisotopic (exact) mass is 361 g/mol. The van der Waals surface area contributed by atoms with Gasteiger partial charge in [-0.15, -0.1) is 11.8 Å². The van der Waals surface area contributed by atoms with Crippen LogP contribution in [0, 0.1) is 5.41 Å². The van der Waals surface area contributed by atoms with E-state index < -0.39 is 5.60 Å². The Kier molecular flexibility index (Phi) is 4.42. The molecule has 2 atom stereocenters. The minimum Gasteiger partial charge on any atom is -0.444 e. The summed E-state index contributed by atoms with van der Waals surface area (Å²) >= 11 is 1.78. The number of piperidine rings is 1. The fourth-order valence-electron chi connectivity index (χ4n) is 4.58. The third-order valence-electron chi connectivity index (χ3n) is 6.43. The second-order valence-corrected chi connectivity index (χ2v) is 10.1. The average Bonchev–Trinajstić information content (AvgIpc) is 2.48. The number of ether oxygens (including phenoxy) is 1. The van der Waals surface area contributed by atoms with Gasteiger partial charge in [0.05, 0.1) is 0 Å². The summed E-state index contributed by atoms with van der Waals surface area (Å²) in [6.07, 6.45) is 3.83. The van der Waals surface area contributed by atoms with Crippen LogP contribution >= 0.6 is 11.8 Å². The van der Waals surface area contributed by atoms with Gasteiger partial charge in [0.15, 0.2) is 0 Å². The smallest absolute Gasteiger partial charge is 0.410 e. The molecule has 0 radical (unpaired) electrons. The Morgan fingerprint density at radius 1 is 1.28 bits per heavy atom. The maximum Gasteiger partial charge on any atom is 0.410 e. The molecule has 0 unspecified atom stereocenters. The minimum atomic E-state index is -0.458. The van der Waals surface area contributed by atoms with E-state index in [4.69, 9.17) is 4.74 Å². The van der Waals surface area contributed by atoms with Crippen molar-refractivity contribution >= 4 is 17.9 Å². The van der Waals surface area contributed by atoms with E-state index in [1.54, 1.807) is 11.8 Å². The van der Waals surface area contributed by atoms with E-state index in [1.165, 1.54) is 16.0 Å². The van der Waals surface area contributed by atoms with Crippen LogP contribution in [0.25, 0.3) is 0 Å². The van der Waals surface area contributed by atoms with Gasteiger partial charge in [0.25, 0.3) is 0 Å². The molecule has 1 aliphatic heterocycles. The van der Waals surface area contributed by atoms with Gasteiger partial charge < -0.3 is 9.64 Å². The molecule has 0 spiro atoms. The molecule has 1 aliphatic carbocycles. The van der Waals surface area contributed by atoms with Gasteiger partial charge in [-0.1, -0.05) is 26.8 Å². The number of hydrogen-bond acceptors (Lipinski definition) is 3. The summed E-state index contributed by atoms with van der Waals surface area (Å²) in [4.78, 5) is 16.1. The summed E-state index contributed by atoms with van der Waals surface area (Å²) in [5, 5.41) is 0. The van der Waals surface area contributed by atoms with Crippen molar-refractivity contribution in [3.8, 4) is 0 Å². The van der Waals surface area contributed by atoms with E-state index in [0.717, 1.165) is 19.4 Å². The van der Waals surface area contributed by atoms with Crippen LogP contribution in [0.5, 0.6) is 0 Å². The highest BCUT2D eigenvalue weighted by atomic mass is 32.2. The molecule has 1 amide bonds. The van der Waals surface area contributed by atoms with Crippen LogP contribution < -0.4 is 0 Å². The van der Waals surface area contributed by atoms with Gasteiger partial charge >= 0.3 is 6.09 Å². The minimum absolute atomic E-state index is 0.00995. The van der Waals surface area contributed by atoms with Gasteiger partial charge in [-0.2, -0.15) is 0 Å². The van der Waals surface area contributed by atoms with Gasteiger partial charge in [0.1, 0.15) is 5.60 Å². The summed E-state index contributed by atoms with van der Waals surface area (Å²) in [6.45, 7) is 13.6. The van der Waals surface area contributed by atoms with Crippen molar-refractivity contribution in [1.29, 1.82) is 0 Å². The molecule has 1 aromatic carbocycles. The van der Waals surface area contributed by atoms with Crippen LogP contribution in [0.1, 0.15) is 59.1 Å². The fraction of sp³-hybridized carbons (Fsp3) is 0.667. The van der Waals surface area contributed by atoms with Gasteiger partial charge in [0, 0.05) is 22.9 Å². The molecule has 4 heteroatoms. The highest BCUT2D eigenvalue weighted by Gasteiger charge is 2.57. The zero-order chi connectivity index (χ0) is 18.6. The lowest BCUT2D eigenvalue weighted by Crippen LogP contribution is -2.65. The molecule has 2 bridgehead atoms. The van der Waals surface area contributed by atoms with Crippen LogP contribution in [0.15, 0.2) is 23.1 Å². The van der Waals surface area contributed by atoms with Crippen LogP contribution in [-0.2, 0) is 16.6 Å². The first kappa shape index (κ1) is 18.6. The lowest BCUT2D eigenvalue weighted by Gasteiger charge is -2.60. The predicted octanol–water partition coefficient (Wildman–Crippen LogP) is 5.26. The maximum atomic E-state index is 12.8. The lowest BCUT2D eigenvalue weighted by molar-refractivity contribution is -0.0521. The summed E-state index contributed by atoms with van der Waals surface area (Å²) in [6, 6.07) is 7.05. The molecule has 3 nitrogen and oxygen atoms in total. The Morgan fingerprint density at radius 2 is 1.96 bits per heavy atom. The largest absolute Gasteiger partial charge is 0.444 e. The number of carbonyl (C=O) groups is 1. The number of amides is 1. The van der Waals surface area contributed by atoms with Gasteiger partial charge in [-0.25, -0.2) is 4.79 Å². The summed E-state index contributed by atoms with van der Waals surface area (Å²) < 4.78 is 5.71. The number of likely N-dealkylation sites (tertiary alicyclic amines) is 1. The Labute approximate surface area is 156 Å². The number of carbonyl (C=O) groups excluding carboxylic acids is 1. The van der Waals surface area contributed by atoms with Crippen molar-refractivity contribution in [1.82, 2.24) is 4.90 Å². The molecule has 138 valence electrons. The third-order valence-corrected chi connectivity index (χ3v) is 7.16. The first-order valence-corrected chi connectivity index (χ1v) is 10.4. The lowest BCUT2D eigenvalue weighted by atomic mass is 9.51. The van der Waals surface area contributed by atoms with E-state index in [1.807, 2.05) is 25.7 Å². The Morgan fingerprint density at radius 3 is 2.56 bits per heavy atom. The second-order valence-electron chi connectivity index (χ2n) is 9.22. The van der Waals surface area contributed by atoms with Crippen molar-refractivity contribution in [2.45, 2.75) is 76.3 Å². The first-order chi connectivity index (χ1) is 11.5. The number of fused-ring (bicyclic) bond motifs is 4. The topological polar surface area (TPSA) is 29.5 Å². The molecule has 1 aromatic rings. The standard InChI is InChI=1S/C21H31NO2S/c1-19(2,3)24-18(23)22-11-10-21(6)16-9-8-15(25-7)12-14(16)13-17(22)20(21,4)5/h8-9,12,17H,10-11,13H2,1-7H3/t17-,21+/m1/s1. The van der Waals surface area contributed by atoms with Crippen molar-refractivity contribution in [2.75, 3.05) is 12.8 Å². The van der Waals surface area contributed by atoms with E-state index in [0.29, 0.717) is 0 Å². The van der Waals surface area contributed by atoms with E-state index in [2.05, 4.69) is 45.2 Å². The molecule has 1 fully saturated rings. The zero-order valence-corrected chi connectivity index (χ0v) is 17.4. The zero-order valence-electron chi connectivity index (χ0n) is 16.6. The molecular formula is C21H31NO2S. The fourth-order valence-corrected chi connectivity index (χ4v) is 5.04. The summed E-state index contributed by atoms with van der Waals surface area (Å²) in [7, 11) is 0. The van der Waals surface area contributed by atoms with E-state index in [-0.39, 0.29) is 23.0 Å². The number of thioether (sulfide) groups is 1. The molecular weight excluding hydrogens is 330 g/mol. The van der Waals surface area contributed by atoms with Gasteiger partial charge in [0.2, 0.25) is 0 Å². The normalized spacial score (nSPS) is 27.6. The molecule has 25 heavy (non-hydrogen) atoms. The number of nitrogens with zero attached hydrogens (tertiary/aromatic N) is 1. The number of rotatable bonds is 1. The third kappa shape index (κ3) is 2.97. The molecule has 1 saturated heterocycles. The van der Waals surface area contributed by atoms with Crippen LogP contribution in [0.3, 0.4) is 0 Å². The highest BCUT2D eigenvalue weighted by Crippen LogP contribution is 2.56. The van der Waals surface area contributed by atoms with Crippen LogP contribution in [-0.4, -0.2) is 35.4 Å². The first-order valence-electron chi connectivity index (χ1n) is 9.16. The van der Waals surface area contributed by atoms with E-state index in [9.17, 15) is 4.79 Å². The average molecular weight is 362 g/mol. The molecule has 2 aliphatic rings. The van der Waals surface area contributed by atoms with Crippen molar-refractivity contribution in [3.63, 3.8) is 0 Å². The van der Waals surface area contributed by atoms with Crippen molar-refractivity contribution in [3.05, 3.63) is 29.3 Å². The van der Waals surface area contributed by atoms with E-state index >= 15 is 0 Å². The van der Waals surface area contributed by atoms with Crippen molar-refractivity contribution in [2.24, 2.45) is 5.41 Å². The van der Waals surface area contributed by atoms with Crippen molar-refractivity contribution < 1.29 is 9.53 Å². The van der Waals surface area contributed by atoms with Crippen LogP contribution in [0.4, 0.5) is 4.79 Å². The molecule has 0 saturated carbocycles.